The maximum absolute atomic E-state index is 12.9. The highest BCUT2D eigenvalue weighted by molar-refractivity contribution is 5.47. The minimum atomic E-state index is -0.161. The first kappa shape index (κ1) is 13.3. The number of halogens is 1. The monoisotopic (exact) mass is 250 g/mol. The Bertz CT molecular complexity index is 375. The normalized spacial score (nSPS) is 21.6. The van der Waals surface area contributed by atoms with Gasteiger partial charge in [0.15, 0.2) is 0 Å². The first-order chi connectivity index (χ1) is 8.61. The van der Waals surface area contributed by atoms with Crippen LogP contribution in [0.2, 0.25) is 0 Å². The first-order valence-corrected chi connectivity index (χ1v) is 6.86. The number of likely N-dealkylation sites (N-methyl/N-ethyl adjacent to an activating group) is 1. The van der Waals surface area contributed by atoms with E-state index in [0.29, 0.717) is 12.0 Å². The second-order valence-corrected chi connectivity index (χ2v) is 5.36. The fourth-order valence-electron chi connectivity index (χ4n) is 2.76. The summed E-state index contributed by atoms with van der Waals surface area (Å²) < 4.78 is 12.9. The number of piperazine rings is 1. The van der Waals surface area contributed by atoms with E-state index in [2.05, 4.69) is 30.6 Å². The van der Waals surface area contributed by atoms with Crippen LogP contribution in [0.4, 0.5) is 10.1 Å². The lowest BCUT2D eigenvalue weighted by atomic mass is 9.99. The van der Waals surface area contributed by atoms with Crippen LogP contribution in [0.25, 0.3) is 0 Å². The third-order valence-corrected chi connectivity index (χ3v) is 3.90. The summed E-state index contributed by atoms with van der Waals surface area (Å²) in [6.07, 6.45) is 0. The van der Waals surface area contributed by atoms with Gasteiger partial charge >= 0.3 is 0 Å². The zero-order valence-corrected chi connectivity index (χ0v) is 11.6. The maximum Gasteiger partial charge on any atom is 0.123 e. The zero-order valence-electron chi connectivity index (χ0n) is 11.6. The van der Waals surface area contributed by atoms with Gasteiger partial charge < -0.3 is 4.90 Å². The summed E-state index contributed by atoms with van der Waals surface area (Å²) in [5.74, 6) is 0.486. The topological polar surface area (TPSA) is 6.48 Å². The average molecular weight is 250 g/mol. The van der Waals surface area contributed by atoms with Crippen molar-refractivity contribution >= 4 is 5.69 Å². The van der Waals surface area contributed by atoms with E-state index >= 15 is 0 Å². The van der Waals surface area contributed by atoms with E-state index in [9.17, 15) is 4.39 Å². The van der Waals surface area contributed by atoms with Crippen molar-refractivity contribution in [1.82, 2.24) is 4.90 Å². The molecule has 18 heavy (non-hydrogen) atoms. The summed E-state index contributed by atoms with van der Waals surface area (Å²) >= 11 is 0. The molecule has 1 aromatic carbocycles. The quantitative estimate of drug-likeness (QED) is 0.813. The van der Waals surface area contributed by atoms with Crippen LogP contribution in [-0.4, -0.2) is 37.1 Å². The summed E-state index contributed by atoms with van der Waals surface area (Å²) in [6, 6.07) is 7.45. The van der Waals surface area contributed by atoms with Crippen LogP contribution < -0.4 is 4.90 Å². The Hall–Kier alpha value is -1.09. The highest BCUT2D eigenvalue weighted by atomic mass is 19.1. The van der Waals surface area contributed by atoms with Crippen LogP contribution in [0.3, 0.4) is 0 Å². The molecule has 2 rings (SSSR count). The van der Waals surface area contributed by atoms with Gasteiger partial charge in [0.2, 0.25) is 0 Å². The van der Waals surface area contributed by atoms with E-state index in [0.717, 1.165) is 31.9 Å². The number of anilines is 1. The molecular weight excluding hydrogens is 227 g/mol. The molecule has 0 radical (unpaired) electrons. The molecule has 1 atom stereocenters. The smallest absolute Gasteiger partial charge is 0.123 e. The van der Waals surface area contributed by atoms with Crippen molar-refractivity contribution in [3.05, 3.63) is 30.1 Å². The molecule has 0 spiro atoms. The van der Waals surface area contributed by atoms with Crippen LogP contribution in [0.5, 0.6) is 0 Å². The number of hydrogen-bond donors (Lipinski definition) is 0. The van der Waals surface area contributed by atoms with Crippen molar-refractivity contribution in [3.8, 4) is 0 Å². The standard InChI is InChI=1S/C15H23FN2/c1-4-17-9-10-18(11-15(17)12(2)3)14-7-5-13(16)6-8-14/h5-8,12,15H,4,9-11H2,1-3H3. The third kappa shape index (κ3) is 2.83. The fraction of sp³-hybridized carbons (Fsp3) is 0.600. The fourth-order valence-corrected chi connectivity index (χ4v) is 2.76. The summed E-state index contributed by atoms with van der Waals surface area (Å²) in [4.78, 5) is 4.92. The molecule has 0 aliphatic carbocycles. The molecule has 1 aromatic rings. The van der Waals surface area contributed by atoms with E-state index < -0.39 is 0 Å². The molecule has 2 nitrogen and oxygen atoms in total. The molecule has 1 heterocycles. The van der Waals surface area contributed by atoms with Crippen molar-refractivity contribution in [2.24, 2.45) is 5.92 Å². The van der Waals surface area contributed by atoms with E-state index in [1.165, 1.54) is 0 Å². The predicted octanol–water partition coefficient (Wildman–Crippen LogP) is 2.99. The van der Waals surface area contributed by atoms with Crippen LogP contribution >= 0.6 is 0 Å². The van der Waals surface area contributed by atoms with E-state index in [4.69, 9.17) is 0 Å². The Labute approximate surface area is 109 Å². The lowest BCUT2D eigenvalue weighted by molar-refractivity contribution is 0.146. The number of rotatable bonds is 3. The Morgan fingerprint density at radius 1 is 1.22 bits per heavy atom. The van der Waals surface area contributed by atoms with Crippen LogP contribution in [-0.2, 0) is 0 Å². The molecule has 1 aliphatic rings. The van der Waals surface area contributed by atoms with E-state index in [-0.39, 0.29) is 5.82 Å². The zero-order chi connectivity index (χ0) is 13.1. The van der Waals surface area contributed by atoms with Crippen LogP contribution in [0, 0.1) is 11.7 Å². The molecule has 100 valence electrons. The molecule has 1 aliphatic heterocycles. The molecule has 0 amide bonds. The Kier molecular flexibility index (Phi) is 4.23. The second-order valence-electron chi connectivity index (χ2n) is 5.36. The molecule has 3 heteroatoms. The van der Waals surface area contributed by atoms with Gasteiger partial charge in [-0.3, -0.25) is 4.90 Å². The Morgan fingerprint density at radius 2 is 1.89 bits per heavy atom. The van der Waals surface area contributed by atoms with Gasteiger partial charge in [0.25, 0.3) is 0 Å². The molecule has 1 unspecified atom stereocenters. The summed E-state index contributed by atoms with van der Waals surface area (Å²) in [5.41, 5.74) is 1.14. The highest BCUT2D eigenvalue weighted by Crippen LogP contribution is 2.22. The van der Waals surface area contributed by atoms with Crippen LogP contribution in [0.1, 0.15) is 20.8 Å². The maximum atomic E-state index is 12.9. The van der Waals surface area contributed by atoms with E-state index in [1.54, 1.807) is 12.1 Å². The van der Waals surface area contributed by atoms with Gasteiger partial charge in [0.1, 0.15) is 5.82 Å². The number of nitrogens with zero attached hydrogens (tertiary/aromatic N) is 2. The van der Waals surface area contributed by atoms with Crippen molar-refractivity contribution in [2.45, 2.75) is 26.8 Å². The first-order valence-electron chi connectivity index (χ1n) is 6.86. The van der Waals surface area contributed by atoms with Crippen molar-refractivity contribution in [3.63, 3.8) is 0 Å². The van der Waals surface area contributed by atoms with Gasteiger partial charge in [-0.2, -0.15) is 0 Å². The Balaban J connectivity index is 2.10. The second kappa shape index (κ2) is 5.70. The highest BCUT2D eigenvalue weighted by Gasteiger charge is 2.28. The molecular formula is C15H23FN2. The van der Waals surface area contributed by atoms with Gasteiger partial charge in [-0.05, 0) is 36.7 Å². The van der Waals surface area contributed by atoms with Crippen molar-refractivity contribution < 1.29 is 4.39 Å². The van der Waals surface area contributed by atoms with Gasteiger partial charge in [-0.15, -0.1) is 0 Å². The summed E-state index contributed by atoms with van der Waals surface area (Å²) in [7, 11) is 0. The van der Waals surface area contributed by atoms with Gasteiger partial charge in [-0.1, -0.05) is 20.8 Å². The number of hydrogen-bond acceptors (Lipinski definition) is 2. The largest absolute Gasteiger partial charge is 0.369 e. The third-order valence-electron chi connectivity index (χ3n) is 3.90. The van der Waals surface area contributed by atoms with Crippen molar-refractivity contribution in [1.29, 1.82) is 0 Å². The van der Waals surface area contributed by atoms with Gasteiger partial charge in [0, 0.05) is 31.4 Å². The lowest BCUT2D eigenvalue weighted by Gasteiger charge is -2.44. The summed E-state index contributed by atoms with van der Waals surface area (Å²) in [6.45, 7) is 11.1. The average Bonchev–Trinajstić information content (AvgIpc) is 2.39. The Morgan fingerprint density at radius 3 is 2.44 bits per heavy atom. The minimum Gasteiger partial charge on any atom is -0.369 e. The number of benzene rings is 1. The molecule has 0 aromatic heterocycles. The predicted molar refractivity (Wildman–Crippen MR) is 74.5 cm³/mol. The van der Waals surface area contributed by atoms with E-state index in [1.807, 2.05) is 12.1 Å². The van der Waals surface area contributed by atoms with Crippen molar-refractivity contribution in [2.75, 3.05) is 31.1 Å². The molecule has 1 fully saturated rings. The van der Waals surface area contributed by atoms with Crippen LogP contribution in [0.15, 0.2) is 24.3 Å². The lowest BCUT2D eigenvalue weighted by Crippen LogP contribution is -2.55. The molecule has 0 bridgehead atoms. The van der Waals surface area contributed by atoms with Gasteiger partial charge in [-0.25, -0.2) is 4.39 Å². The molecule has 0 saturated carbocycles. The van der Waals surface area contributed by atoms with Gasteiger partial charge in [0.05, 0.1) is 0 Å². The minimum absolute atomic E-state index is 0.161. The molecule has 1 saturated heterocycles. The molecule has 0 N–H and O–H groups in total. The SMILES string of the molecule is CCN1CCN(c2ccc(F)cc2)CC1C(C)C. The summed E-state index contributed by atoms with van der Waals surface area (Å²) in [5, 5.41) is 0.